The number of rotatable bonds is 6. The van der Waals surface area contributed by atoms with Crippen molar-refractivity contribution >= 4 is 5.96 Å². The van der Waals surface area contributed by atoms with E-state index in [9.17, 15) is 0 Å². The molecule has 0 saturated heterocycles. The molecule has 0 spiro atoms. The molecule has 0 radical (unpaired) electrons. The lowest BCUT2D eigenvalue weighted by Crippen LogP contribution is -2.37. The number of nitrogens with zero attached hydrogens (tertiary/aromatic N) is 1. The quantitative estimate of drug-likeness (QED) is 0.449. The Balaban J connectivity index is 2.27. The van der Waals surface area contributed by atoms with Crippen molar-refractivity contribution in [1.29, 1.82) is 0 Å². The first-order valence-corrected chi connectivity index (χ1v) is 6.43. The van der Waals surface area contributed by atoms with Gasteiger partial charge in [0.25, 0.3) is 0 Å². The number of aryl methyl sites for hydroxylation is 1. The van der Waals surface area contributed by atoms with Gasteiger partial charge < -0.3 is 10.6 Å². The van der Waals surface area contributed by atoms with E-state index in [1.165, 1.54) is 5.56 Å². The van der Waals surface area contributed by atoms with Crippen molar-refractivity contribution in [2.75, 3.05) is 19.6 Å². The van der Waals surface area contributed by atoms with Gasteiger partial charge in [-0.05, 0) is 32.3 Å². The van der Waals surface area contributed by atoms with Crippen LogP contribution in [-0.4, -0.2) is 25.6 Å². The van der Waals surface area contributed by atoms with E-state index in [1.54, 1.807) is 0 Å². The van der Waals surface area contributed by atoms with Gasteiger partial charge in [0.2, 0.25) is 0 Å². The van der Waals surface area contributed by atoms with Crippen LogP contribution in [0.3, 0.4) is 0 Å². The van der Waals surface area contributed by atoms with Gasteiger partial charge in [-0.15, -0.1) is 0 Å². The van der Waals surface area contributed by atoms with Crippen LogP contribution >= 0.6 is 0 Å². The van der Waals surface area contributed by atoms with Crippen LogP contribution in [0.4, 0.5) is 0 Å². The molecule has 0 amide bonds. The molecule has 0 heterocycles. The highest BCUT2D eigenvalue weighted by Crippen LogP contribution is 2.02. The molecule has 3 nitrogen and oxygen atoms in total. The zero-order chi connectivity index (χ0) is 12.3. The summed E-state index contributed by atoms with van der Waals surface area (Å²) >= 11 is 0. The summed E-state index contributed by atoms with van der Waals surface area (Å²) in [4.78, 5) is 4.51. The second-order valence-corrected chi connectivity index (χ2v) is 3.88. The largest absolute Gasteiger partial charge is 0.357 e. The van der Waals surface area contributed by atoms with Gasteiger partial charge in [0.05, 0.1) is 0 Å². The van der Waals surface area contributed by atoms with Crippen molar-refractivity contribution in [2.45, 2.75) is 26.7 Å². The van der Waals surface area contributed by atoms with Gasteiger partial charge in [-0.25, -0.2) is 0 Å². The molecule has 0 bridgehead atoms. The van der Waals surface area contributed by atoms with Gasteiger partial charge in [-0.2, -0.15) is 0 Å². The summed E-state index contributed by atoms with van der Waals surface area (Å²) in [6.45, 7) is 6.84. The van der Waals surface area contributed by atoms with E-state index in [0.29, 0.717) is 0 Å². The highest BCUT2D eigenvalue weighted by atomic mass is 15.2. The second-order valence-electron chi connectivity index (χ2n) is 3.88. The molecular weight excluding hydrogens is 210 g/mol. The third-order valence-corrected chi connectivity index (χ3v) is 2.42. The molecule has 1 rings (SSSR count). The van der Waals surface area contributed by atoms with Crippen LogP contribution in [0.1, 0.15) is 25.8 Å². The Morgan fingerprint density at radius 1 is 1.06 bits per heavy atom. The van der Waals surface area contributed by atoms with Gasteiger partial charge >= 0.3 is 0 Å². The summed E-state index contributed by atoms with van der Waals surface area (Å²) < 4.78 is 0. The molecule has 1 aromatic rings. The van der Waals surface area contributed by atoms with Crippen LogP contribution in [-0.2, 0) is 6.42 Å². The average molecular weight is 233 g/mol. The van der Waals surface area contributed by atoms with E-state index < -0.39 is 0 Å². The summed E-state index contributed by atoms with van der Waals surface area (Å²) in [5.41, 5.74) is 1.39. The minimum atomic E-state index is 0.865. The van der Waals surface area contributed by atoms with Crippen molar-refractivity contribution in [3.8, 4) is 0 Å². The van der Waals surface area contributed by atoms with Crippen LogP contribution in [0.2, 0.25) is 0 Å². The summed E-state index contributed by atoms with van der Waals surface area (Å²) in [7, 11) is 0. The average Bonchev–Trinajstić information content (AvgIpc) is 2.36. The Labute approximate surface area is 104 Å². The molecular formula is C14H23N3. The van der Waals surface area contributed by atoms with Crippen molar-refractivity contribution in [1.82, 2.24) is 10.6 Å². The highest BCUT2D eigenvalue weighted by Gasteiger charge is 1.94. The van der Waals surface area contributed by atoms with Crippen LogP contribution < -0.4 is 10.6 Å². The van der Waals surface area contributed by atoms with Crippen molar-refractivity contribution in [3.05, 3.63) is 35.9 Å². The lowest BCUT2D eigenvalue weighted by atomic mass is 10.1. The van der Waals surface area contributed by atoms with E-state index in [-0.39, 0.29) is 0 Å². The first-order chi connectivity index (χ1) is 8.36. The molecule has 0 fully saturated rings. The predicted octanol–water partition coefficient (Wildman–Crippen LogP) is 2.19. The summed E-state index contributed by atoms with van der Waals surface area (Å²) in [5.74, 6) is 0.920. The Morgan fingerprint density at radius 2 is 1.71 bits per heavy atom. The highest BCUT2D eigenvalue weighted by molar-refractivity contribution is 5.79. The third-order valence-electron chi connectivity index (χ3n) is 2.42. The second kappa shape index (κ2) is 8.62. The molecule has 0 aliphatic heterocycles. The van der Waals surface area contributed by atoms with E-state index in [1.807, 2.05) is 0 Å². The fourth-order valence-corrected chi connectivity index (χ4v) is 1.63. The smallest absolute Gasteiger partial charge is 0.191 e. The Bertz CT molecular complexity index is 311. The zero-order valence-corrected chi connectivity index (χ0v) is 10.9. The third kappa shape index (κ3) is 5.95. The molecule has 3 heteroatoms. The fourth-order valence-electron chi connectivity index (χ4n) is 1.63. The maximum Gasteiger partial charge on any atom is 0.191 e. The molecule has 0 aliphatic carbocycles. The van der Waals surface area contributed by atoms with E-state index in [4.69, 9.17) is 0 Å². The predicted molar refractivity (Wildman–Crippen MR) is 74.4 cm³/mol. The first-order valence-electron chi connectivity index (χ1n) is 6.43. The lowest BCUT2D eigenvalue weighted by Gasteiger charge is -2.08. The van der Waals surface area contributed by atoms with E-state index in [2.05, 4.69) is 59.8 Å². The fraction of sp³-hybridized carbons (Fsp3) is 0.500. The van der Waals surface area contributed by atoms with Crippen LogP contribution in [0.15, 0.2) is 35.3 Å². The lowest BCUT2D eigenvalue weighted by molar-refractivity contribution is 0.795. The van der Waals surface area contributed by atoms with Crippen molar-refractivity contribution in [3.63, 3.8) is 0 Å². The Kier molecular flexibility index (Phi) is 6.87. The number of nitrogens with one attached hydrogen (secondary N) is 2. The summed E-state index contributed by atoms with van der Waals surface area (Å²) in [6.07, 6.45) is 2.18. The molecule has 1 aromatic carbocycles. The number of guanidine groups is 1. The van der Waals surface area contributed by atoms with Gasteiger partial charge in [0.1, 0.15) is 0 Å². The van der Waals surface area contributed by atoms with Gasteiger partial charge in [0, 0.05) is 19.6 Å². The Morgan fingerprint density at radius 3 is 2.29 bits per heavy atom. The molecule has 17 heavy (non-hydrogen) atoms. The number of benzene rings is 1. The molecule has 0 atom stereocenters. The number of hydrogen-bond donors (Lipinski definition) is 2. The maximum atomic E-state index is 4.51. The minimum Gasteiger partial charge on any atom is -0.357 e. The topological polar surface area (TPSA) is 36.4 Å². The number of hydrogen-bond acceptors (Lipinski definition) is 1. The molecule has 0 aliphatic rings. The molecule has 2 N–H and O–H groups in total. The van der Waals surface area contributed by atoms with Gasteiger partial charge in [-0.1, -0.05) is 30.3 Å². The maximum absolute atomic E-state index is 4.51. The molecule has 0 unspecified atom stereocenters. The normalized spacial score (nSPS) is 9.76. The van der Waals surface area contributed by atoms with Gasteiger partial charge in [-0.3, -0.25) is 4.99 Å². The minimum absolute atomic E-state index is 0.865. The first kappa shape index (κ1) is 13.6. The summed E-state index contributed by atoms with van der Waals surface area (Å²) in [6, 6.07) is 10.6. The SMILES string of the molecule is CCNC(=NCCCc1ccccc1)NCC. The van der Waals surface area contributed by atoms with Gasteiger partial charge in [0.15, 0.2) is 5.96 Å². The van der Waals surface area contributed by atoms with Crippen LogP contribution in [0.5, 0.6) is 0 Å². The Hall–Kier alpha value is -1.51. The van der Waals surface area contributed by atoms with Crippen LogP contribution in [0.25, 0.3) is 0 Å². The summed E-state index contributed by atoms with van der Waals surface area (Å²) in [5, 5.41) is 6.44. The van der Waals surface area contributed by atoms with E-state index >= 15 is 0 Å². The molecule has 0 saturated carbocycles. The van der Waals surface area contributed by atoms with E-state index in [0.717, 1.165) is 38.4 Å². The standard InChI is InChI=1S/C14H23N3/c1-3-15-14(16-4-2)17-12-8-11-13-9-6-5-7-10-13/h5-7,9-10H,3-4,8,11-12H2,1-2H3,(H2,15,16,17). The van der Waals surface area contributed by atoms with Crippen LogP contribution in [0, 0.1) is 0 Å². The van der Waals surface area contributed by atoms with Crippen molar-refractivity contribution < 1.29 is 0 Å². The molecule has 94 valence electrons. The number of aliphatic imine (C=N–C) groups is 1. The zero-order valence-electron chi connectivity index (χ0n) is 10.9. The molecule has 0 aromatic heterocycles. The monoisotopic (exact) mass is 233 g/mol. The van der Waals surface area contributed by atoms with Crippen molar-refractivity contribution in [2.24, 2.45) is 4.99 Å².